The number of nitrogens with zero attached hydrogens (tertiary/aromatic N) is 1. The zero-order valence-electron chi connectivity index (χ0n) is 10.6. The lowest BCUT2D eigenvalue weighted by molar-refractivity contribution is 0.486. The Morgan fingerprint density at radius 2 is 1.94 bits per heavy atom. The zero-order chi connectivity index (χ0) is 11.5. The first-order valence-corrected chi connectivity index (χ1v) is 6.37. The van der Waals surface area contributed by atoms with Gasteiger partial charge in [-0.1, -0.05) is 19.8 Å². The highest BCUT2D eigenvalue weighted by Crippen LogP contribution is 2.37. The fourth-order valence-corrected chi connectivity index (χ4v) is 2.34. The minimum Gasteiger partial charge on any atom is -0.310 e. The van der Waals surface area contributed by atoms with Gasteiger partial charge < -0.3 is 5.32 Å². The topological polar surface area (TPSA) is 24.9 Å². The molecule has 1 fully saturated rings. The van der Waals surface area contributed by atoms with E-state index in [1.807, 2.05) is 0 Å². The molecule has 2 nitrogen and oxygen atoms in total. The van der Waals surface area contributed by atoms with Gasteiger partial charge in [0.2, 0.25) is 0 Å². The van der Waals surface area contributed by atoms with Crippen LogP contribution in [0.3, 0.4) is 0 Å². The third-order valence-electron chi connectivity index (χ3n) is 3.22. The molecule has 0 saturated heterocycles. The molecule has 1 aliphatic rings. The monoisotopic (exact) mass is 218 g/mol. The molecule has 1 N–H and O–H groups in total. The van der Waals surface area contributed by atoms with E-state index in [2.05, 4.69) is 43.2 Å². The summed E-state index contributed by atoms with van der Waals surface area (Å²) in [4.78, 5) is 4.44. The van der Waals surface area contributed by atoms with Crippen molar-refractivity contribution in [3.05, 3.63) is 29.1 Å². The van der Waals surface area contributed by atoms with Gasteiger partial charge >= 0.3 is 0 Å². The van der Waals surface area contributed by atoms with Gasteiger partial charge in [-0.2, -0.15) is 0 Å². The molecular formula is C14H22N2. The Hall–Kier alpha value is -0.890. The number of rotatable bonds is 5. The van der Waals surface area contributed by atoms with Crippen LogP contribution in [0, 0.1) is 19.8 Å². The molecule has 1 aromatic rings. The summed E-state index contributed by atoms with van der Waals surface area (Å²) in [5, 5.41) is 3.60. The average Bonchev–Trinajstić information content (AvgIpc) is 2.99. The quantitative estimate of drug-likeness (QED) is 0.821. The molecule has 16 heavy (non-hydrogen) atoms. The summed E-state index contributed by atoms with van der Waals surface area (Å²) in [6, 6.07) is 4.98. The molecule has 1 saturated carbocycles. The summed E-state index contributed by atoms with van der Waals surface area (Å²) >= 11 is 0. The summed E-state index contributed by atoms with van der Waals surface area (Å²) in [7, 11) is 0. The molecular weight excluding hydrogens is 196 g/mol. The summed E-state index contributed by atoms with van der Waals surface area (Å²) < 4.78 is 0. The maximum atomic E-state index is 4.44. The largest absolute Gasteiger partial charge is 0.310 e. The molecule has 1 aliphatic carbocycles. The minimum atomic E-state index is 0.526. The Kier molecular flexibility index (Phi) is 3.59. The molecule has 2 rings (SSSR count). The van der Waals surface area contributed by atoms with Crippen molar-refractivity contribution in [3.63, 3.8) is 0 Å². The van der Waals surface area contributed by atoms with Crippen LogP contribution in [-0.4, -0.2) is 11.5 Å². The van der Waals surface area contributed by atoms with E-state index in [4.69, 9.17) is 0 Å². The second-order valence-electron chi connectivity index (χ2n) is 4.97. The smallest absolute Gasteiger partial charge is 0.0379 e. The van der Waals surface area contributed by atoms with Gasteiger partial charge in [0.25, 0.3) is 0 Å². The van der Waals surface area contributed by atoms with Gasteiger partial charge in [0, 0.05) is 17.4 Å². The summed E-state index contributed by atoms with van der Waals surface area (Å²) in [6.45, 7) is 7.38. The van der Waals surface area contributed by atoms with Crippen molar-refractivity contribution in [1.82, 2.24) is 10.3 Å². The van der Waals surface area contributed by atoms with Crippen LogP contribution in [-0.2, 0) is 0 Å². The first-order valence-electron chi connectivity index (χ1n) is 6.37. The van der Waals surface area contributed by atoms with Crippen LogP contribution >= 0.6 is 0 Å². The number of aromatic nitrogens is 1. The highest BCUT2D eigenvalue weighted by atomic mass is 14.9. The molecule has 1 heterocycles. The molecule has 1 aromatic heterocycles. The lowest BCUT2D eigenvalue weighted by Crippen LogP contribution is -2.21. The molecule has 88 valence electrons. The van der Waals surface area contributed by atoms with E-state index in [0.717, 1.165) is 23.9 Å². The molecule has 0 amide bonds. The zero-order valence-corrected chi connectivity index (χ0v) is 10.6. The van der Waals surface area contributed by atoms with Crippen LogP contribution < -0.4 is 5.32 Å². The summed E-state index contributed by atoms with van der Waals surface area (Å²) in [6.07, 6.45) is 4.13. The molecule has 2 heteroatoms. The van der Waals surface area contributed by atoms with E-state index in [0.29, 0.717) is 6.04 Å². The number of aryl methyl sites for hydroxylation is 2. The van der Waals surface area contributed by atoms with E-state index >= 15 is 0 Å². The lowest BCUT2D eigenvalue weighted by atomic mass is 10.0. The predicted octanol–water partition coefficient (Wildman–Crippen LogP) is 3.15. The van der Waals surface area contributed by atoms with Crippen molar-refractivity contribution in [2.75, 3.05) is 6.54 Å². The Labute approximate surface area is 98.5 Å². The number of nitrogens with one attached hydrogen (secondary N) is 1. The van der Waals surface area contributed by atoms with Gasteiger partial charge in [0.15, 0.2) is 0 Å². The highest BCUT2D eigenvalue weighted by molar-refractivity contribution is 5.24. The van der Waals surface area contributed by atoms with Gasteiger partial charge in [-0.3, -0.25) is 4.98 Å². The first kappa shape index (κ1) is 11.6. The molecule has 1 atom stereocenters. The van der Waals surface area contributed by atoms with Crippen LogP contribution in [0.25, 0.3) is 0 Å². The molecule has 0 aliphatic heterocycles. The van der Waals surface area contributed by atoms with Gasteiger partial charge in [0.1, 0.15) is 0 Å². The van der Waals surface area contributed by atoms with Crippen molar-refractivity contribution >= 4 is 0 Å². The minimum absolute atomic E-state index is 0.526. The van der Waals surface area contributed by atoms with Crippen molar-refractivity contribution in [1.29, 1.82) is 0 Å². The van der Waals surface area contributed by atoms with Crippen LogP contribution in [0.2, 0.25) is 0 Å². The molecule has 1 unspecified atom stereocenters. The fourth-order valence-electron chi connectivity index (χ4n) is 2.34. The number of hydrogen-bond acceptors (Lipinski definition) is 2. The Morgan fingerprint density at radius 1 is 1.31 bits per heavy atom. The Balaban J connectivity index is 2.15. The van der Waals surface area contributed by atoms with Crippen LogP contribution in [0.4, 0.5) is 0 Å². The van der Waals surface area contributed by atoms with Crippen molar-refractivity contribution in [2.24, 2.45) is 5.92 Å². The lowest BCUT2D eigenvalue weighted by Gasteiger charge is -2.19. The van der Waals surface area contributed by atoms with Crippen LogP contribution in [0.15, 0.2) is 12.1 Å². The fraction of sp³-hybridized carbons (Fsp3) is 0.643. The maximum Gasteiger partial charge on any atom is 0.0379 e. The van der Waals surface area contributed by atoms with E-state index < -0.39 is 0 Å². The van der Waals surface area contributed by atoms with Crippen LogP contribution in [0.1, 0.15) is 49.2 Å². The normalized spacial score (nSPS) is 17.4. The third-order valence-corrected chi connectivity index (χ3v) is 3.22. The van der Waals surface area contributed by atoms with E-state index in [-0.39, 0.29) is 0 Å². The standard InChI is InChI=1S/C14H22N2/c1-4-15-14(9-12-5-6-12)13-7-10(2)16-11(3)8-13/h7-8,12,14-15H,4-6,9H2,1-3H3. The predicted molar refractivity (Wildman–Crippen MR) is 67.5 cm³/mol. The van der Waals surface area contributed by atoms with E-state index in [1.165, 1.54) is 24.8 Å². The average molecular weight is 218 g/mol. The maximum absolute atomic E-state index is 4.44. The number of hydrogen-bond donors (Lipinski definition) is 1. The Bertz CT molecular complexity index is 336. The van der Waals surface area contributed by atoms with E-state index in [1.54, 1.807) is 0 Å². The van der Waals surface area contributed by atoms with E-state index in [9.17, 15) is 0 Å². The second kappa shape index (κ2) is 4.96. The van der Waals surface area contributed by atoms with Crippen LogP contribution in [0.5, 0.6) is 0 Å². The van der Waals surface area contributed by atoms with Crippen molar-refractivity contribution in [2.45, 2.75) is 46.1 Å². The number of pyridine rings is 1. The van der Waals surface area contributed by atoms with Gasteiger partial charge in [-0.25, -0.2) is 0 Å². The SMILES string of the molecule is CCNC(CC1CC1)c1cc(C)nc(C)c1. The molecule has 0 spiro atoms. The first-order chi connectivity index (χ1) is 7.69. The summed E-state index contributed by atoms with van der Waals surface area (Å²) in [5.74, 6) is 0.956. The van der Waals surface area contributed by atoms with Gasteiger partial charge in [-0.15, -0.1) is 0 Å². The third kappa shape index (κ3) is 3.05. The van der Waals surface area contributed by atoms with Crippen molar-refractivity contribution < 1.29 is 0 Å². The van der Waals surface area contributed by atoms with Gasteiger partial charge in [0.05, 0.1) is 0 Å². The van der Waals surface area contributed by atoms with Gasteiger partial charge in [-0.05, 0) is 50.4 Å². The molecule has 0 radical (unpaired) electrons. The Morgan fingerprint density at radius 3 is 2.44 bits per heavy atom. The highest BCUT2D eigenvalue weighted by Gasteiger charge is 2.26. The van der Waals surface area contributed by atoms with Crippen molar-refractivity contribution in [3.8, 4) is 0 Å². The molecule has 0 bridgehead atoms. The second-order valence-corrected chi connectivity index (χ2v) is 4.97. The molecule has 0 aromatic carbocycles. The summed E-state index contributed by atoms with van der Waals surface area (Å²) in [5.41, 5.74) is 3.68.